The molecule has 0 aliphatic carbocycles. The van der Waals surface area contributed by atoms with E-state index in [1.807, 2.05) is 0 Å². The van der Waals surface area contributed by atoms with Gasteiger partial charge in [-0.1, -0.05) is 0 Å². The van der Waals surface area contributed by atoms with Gasteiger partial charge in [0.15, 0.2) is 11.6 Å². The van der Waals surface area contributed by atoms with Gasteiger partial charge in [-0.3, -0.25) is 5.41 Å². The number of fused-ring (bicyclic) bond motifs is 1. The van der Waals surface area contributed by atoms with Crippen LogP contribution in [0.5, 0.6) is 0 Å². The van der Waals surface area contributed by atoms with Gasteiger partial charge in [0.05, 0.1) is 12.5 Å². The molecule has 2 aromatic rings. The molecule has 0 spiro atoms. The standard InChI is InChI=1S/C11H15N7O2/c12-11(13)15-3-1-2-8(10(19)20)18-6-17-7-4-14-5-16-9(7)18/h4-6,8H,1-3H2,(H,19,20)(H4,12,13,15). The summed E-state index contributed by atoms with van der Waals surface area (Å²) in [6, 6.07) is -0.761. The van der Waals surface area contributed by atoms with E-state index in [0.29, 0.717) is 30.6 Å². The number of carbonyl (C=O) groups is 1. The summed E-state index contributed by atoms with van der Waals surface area (Å²) in [5.41, 5.74) is 6.21. The average molecular weight is 277 g/mol. The van der Waals surface area contributed by atoms with Crippen molar-refractivity contribution in [1.29, 1.82) is 5.41 Å². The van der Waals surface area contributed by atoms with E-state index in [1.165, 1.54) is 23.4 Å². The Kier molecular flexibility index (Phi) is 4.08. The lowest BCUT2D eigenvalue weighted by molar-refractivity contribution is -0.141. The predicted octanol–water partition coefficient (Wildman–Crippen LogP) is -0.285. The summed E-state index contributed by atoms with van der Waals surface area (Å²) in [6.45, 7) is 0.445. The zero-order chi connectivity index (χ0) is 14.5. The van der Waals surface area contributed by atoms with Gasteiger partial charge in [0, 0.05) is 6.54 Å². The SMILES string of the molecule is N=C(N)NCCCC(C(=O)O)n1cnc2cncnc21. The third kappa shape index (κ3) is 2.99. The first kappa shape index (κ1) is 13.7. The number of imidazole rings is 1. The number of aliphatic carboxylic acids is 1. The number of hydrogen-bond acceptors (Lipinski definition) is 5. The number of carboxylic acids is 1. The maximum atomic E-state index is 11.4. The molecule has 106 valence electrons. The van der Waals surface area contributed by atoms with Crippen LogP contribution in [0.25, 0.3) is 11.2 Å². The van der Waals surface area contributed by atoms with Crippen LogP contribution < -0.4 is 11.1 Å². The Morgan fingerprint density at radius 3 is 3.05 bits per heavy atom. The van der Waals surface area contributed by atoms with Crippen molar-refractivity contribution < 1.29 is 9.90 Å². The molecule has 1 atom stereocenters. The van der Waals surface area contributed by atoms with Crippen molar-refractivity contribution in [1.82, 2.24) is 24.8 Å². The lowest BCUT2D eigenvalue weighted by atomic mass is 10.1. The number of aromatic nitrogens is 4. The molecule has 0 saturated heterocycles. The summed E-state index contributed by atoms with van der Waals surface area (Å²) in [5.74, 6) is -1.08. The normalized spacial score (nSPS) is 12.2. The number of nitrogens with one attached hydrogen (secondary N) is 2. The summed E-state index contributed by atoms with van der Waals surface area (Å²) in [6.07, 6.45) is 5.29. The third-order valence-electron chi connectivity index (χ3n) is 2.83. The van der Waals surface area contributed by atoms with E-state index < -0.39 is 12.0 Å². The van der Waals surface area contributed by atoms with Crippen LogP contribution >= 0.6 is 0 Å². The van der Waals surface area contributed by atoms with Gasteiger partial charge in [-0.25, -0.2) is 19.7 Å². The van der Waals surface area contributed by atoms with Crippen LogP contribution in [0.1, 0.15) is 18.9 Å². The zero-order valence-electron chi connectivity index (χ0n) is 10.7. The molecule has 2 aromatic heterocycles. The highest BCUT2D eigenvalue weighted by molar-refractivity contribution is 5.76. The Morgan fingerprint density at radius 2 is 2.35 bits per heavy atom. The van der Waals surface area contributed by atoms with Crippen molar-refractivity contribution in [2.45, 2.75) is 18.9 Å². The van der Waals surface area contributed by atoms with E-state index in [0.717, 1.165) is 0 Å². The van der Waals surface area contributed by atoms with Crippen molar-refractivity contribution in [3.63, 3.8) is 0 Å². The van der Waals surface area contributed by atoms with Gasteiger partial charge in [0.25, 0.3) is 0 Å². The minimum absolute atomic E-state index is 0.127. The van der Waals surface area contributed by atoms with Crippen LogP contribution in [0.3, 0.4) is 0 Å². The third-order valence-corrected chi connectivity index (χ3v) is 2.83. The molecule has 0 saturated carbocycles. The monoisotopic (exact) mass is 277 g/mol. The van der Waals surface area contributed by atoms with E-state index in [9.17, 15) is 9.90 Å². The van der Waals surface area contributed by atoms with E-state index in [2.05, 4.69) is 20.3 Å². The molecule has 0 bridgehead atoms. The molecule has 0 aliphatic heterocycles. The molecule has 0 aliphatic rings. The van der Waals surface area contributed by atoms with Crippen LogP contribution in [0, 0.1) is 5.41 Å². The second-order valence-corrected chi connectivity index (χ2v) is 4.22. The maximum Gasteiger partial charge on any atom is 0.326 e. The first-order chi connectivity index (χ1) is 9.59. The summed E-state index contributed by atoms with van der Waals surface area (Å²) >= 11 is 0. The fourth-order valence-electron chi connectivity index (χ4n) is 1.91. The molecule has 0 amide bonds. The molecule has 0 radical (unpaired) electrons. The van der Waals surface area contributed by atoms with Gasteiger partial charge < -0.3 is 20.7 Å². The van der Waals surface area contributed by atoms with Crippen LogP contribution in [0.2, 0.25) is 0 Å². The highest BCUT2D eigenvalue weighted by Gasteiger charge is 2.21. The first-order valence-electron chi connectivity index (χ1n) is 6.03. The van der Waals surface area contributed by atoms with Crippen LogP contribution in [0.15, 0.2) is 18.9 Å². The predicted molar refractivity (Wildman–Crippen MR) is 71.1 cm³/mol. The Labute approximate surface area is 114 Å². The Hall–Kier alpha value is -2.71. The number of nitrogens with zero attached hydrogens (tertiary/aromatic N) is 4. The topological polar surface area (TPSA) is 143 Å². The number of rotatable bonds is 6. The Balaban J connectivity index is 2.12. The number of hydrogen-bond donors (Lipinski definition) is 4. The lowest BCUT2D eigenvalue weighted by Crippen LogP contribution is -2.31. The number of nitrogens with two attached hydrogens (primary N) is 1. The molecule has 0 aromatic carbocycles. The van der Waals surface area contributed by atoms with Crippen molar-refractivity contribution >= 4 is 23.1 Å². The highest BCUT2D eigenvalue weighted by Crippen LogP contribution is 2.19. The molecular weight excluding hydrogens is 262 g/mol. The molecule has 9 heteroatoms. The number of carboxylic acid groups (broad SMARTS) is 1. The fraction of sp³-hybridized carbons (Fsp3) is 0.364. The van der Waals surface area contributed by atoms with E-state index in [4.69, 9.17) is 11.1 Å². The summed E-state index contributed by atoms with van der Waals surface area (Å²) < 4.78 is 1.52. The van der Waals surface area contributed by atoms with Crippen molar-refractivity contribution in [3.05, 3.63) is 18.9 Å². The van der Waals surface area contributed by atoms with Crippen LogP contribution in [-0.4, -0.2) is 43.1 Å². The summed E-state index contributed by atoms with van der Waals surface area (Å²) in [5, 5.41) is 19.0. The van der Waals surface area contributed by atoms with Gasteiger partial charge in [-0.2, -0.15) is 0 Å². The molecule has 20 heavy (non-hydrogen) atoms. The Bertz CT molecular complexity index is 624. The highest BCUT2D eigenvalue weighted by atomic mass is 16.4. The molecule has 0 fully saturated rings. The molecule has 1 unspecified atom stereocenters. The molecular formula is C11H15N7O2. The minimum atomic E-state index is -0.953. The lowest BCUT2D eigenvalue weighted by Gasteiger charge is -2.14. The van der Waals surface area contributed by atoms with Gasteiger partial charge in [0.2, 0.25) is 0 Å². The summed E-state index contributed by atoms with van der Waals surface area (Å²) in [7, 11) is 0. The van der Waals surface area contributed by atoms with Crippen molar-refractivity contribution in [2.75, 3.05) is 6.54 Å². The van der Waals surface area contributed by atoms with Gasteiger partial charge in [0.1, 0.15) is 17.9 Å². The van der Waals surface area contributed by atoms with Gasteiger partial charge >= 0.3 is 5.97 Å². The smallest absolute Gasteiger partial charge is 0.326 e. The van der Waals surface area contributed by atoms with E-state index >= 15 is 0 Å². The van der Waals surface area contributed by atoms with E-state index in [-0.39, 0.29) is 5.96 Å². The largest absolute Gasteiger partial charge is 0.480 e. The van der Waals surface area contributed by atoms with Crippen molar-refractivity contribution in [3.8, 4) is 0 Å². The summed E-state index contributed by atoms with van der Waals surface area (Å²) in [4.78, 5) is 23.4. The molecule has 5 N–H and O–H groups in total. The quantitative estimate of drug-likeness (QED) is 0.323. The average Bonchev–Trinajstić information content (AvgIpc) is 2.82. The molecule has 9 nitrogen and oxygen atoms in total. The van der Waals surface area contributed by atoms with Gasteiger partial charge in [-0.15, -0.1) is 0 Å². The van der Waals surface area contributed by atoms with E-state index in [1.54, 1.807) is 0 Å². The zero-order valence-corrected chi connectivity index (χ0v) is 10.7. The minimum Gasteiger partial charge on any atom is -0.480 e. The number of guanidine groups is 1. The van der Waals surface area contributed by atoms with Crippen molar-refractivity contribution in [2.24, 2.45) is 5.73 Å². The van der Waals surface area contributed by atoms with Crippen LogP contribution in [0.4, 0.5) is 0 Å². The molecule has 2 heterocycles. The Morgan fingerprint density at radius 1 is 1.55 bits per heavy atom. The van der Waals surface area contributed by atoms with Gasteiger partial charge in [-0.05, 0) is 12.8 Å². The second kappa shape index (κ2) is 5.95. The second-order valence-electron chi connectivity index (χ2n) is 4.22. The van der Waals surface area contributed by atoms with Crippen LogP contribution in [-0.2, 0) is 4.79 Å². The first-order valence-corrected chi connectivity index (χ1v) is 6.03. The fourth-order valence-corrected chi connectivity index (χ4v) is 1.91. The molecule has 2 rings (SSSR count). The maximum absolute atomic E-state index is 11.4.